The minimum absolute atomic E-state index is 0.0614. The van der Waals surface area contributed by atoms with Gasteiger partial charge in [-0.2, -0.15) is 0 Å². The summed E-state index contributed by atoms with van der Waals surface area (Å²) in [5, 5.41) is 12.1. The molecule has 0 fully saturated rings. The van der Waals surface area contributed by atoms with Gasteiger partial charge in [0, 0.05) is 38.4 Å². The Balaban J connectivity index is 5.25. The Morgan fingerprint density at radius 1 is 0.760 bits per heavy atom. The number of rotatable bonds is 11. The maximum absolute atomic E-state index is 12.0. The van der Waals surface area contributed by atoms with Crippen molar-refractivity contribution >= 4 is 17.7 Å². The summed E-state index contributed by atoms with van der Waals surface area (Å²) in [5.41, 5.74) is -0.648. The maximum atomic E-state index is 12.0. The van der Waals surface area contributed by atoms with Crippen LogP contribution >= 0.6 is 0 Å². The van der Waals surface area contributed by atoms with Crippen molar-refractivity contribution in [3.8, 4) is 0 Å². The fourth-order valence-electron chi connectivity index (χ4n) is 2.01. The predicted octanol–water partition coefficient (Wildman–Crippen LogP) is 0.651. The van der Waals surface area contributed by atoms with Gasteiger partial charge < -0.3 is 21.3 Å². The van der Waals surface area contributed by atoms with E-state index in [1.54, 1.807) is 0 Å². The molecule has 0 saturated carbocycles. The van der Waals surface area contributed by atoms with Crippen molar-refractivity contribution in [2.24, 2.45) is 17.8 Å². The molecule has 0 aliphatic carbocycles. The van der Waals surface area contributed by atoms with Gasteiger partial charge in [0.25, 0.3) is 0 Å². The molecule has 7 nitrogen and oxygen atoms in total. The van der Waals surface area contributed by atoms with Crippen LogP contribution in [-0.2, 0) is 14.4 Å². The molecule has 0 aromatic heterocycles. The average molecular weight is 357 g/mol. The van der Waals surface area contributed by atoms with Gasteiger partial charge in [-0.1, -0.05) is 41.5 Å². The van der Waals surface area contributed by atoms with E-state index in [9.17, 15) is 14.4 Å². The minimum Gasteiger partial charge on any atom is -0.354 e. The van der Waals surface area contributed by atoms with Crippen LogP contribution in [0, 0.1) is 17.8 Å². The second-order valence-corrected chi connectivity index (χ2v) is 7.71. The van der Waals surface area contributed by atoms with Crippen molar-refractivity contribution in [3.63, 3.8) is 0 Å². The Labute approximate surface area is 152 Å². The molecular formula is C18H36N4O3. The fourth-order valence-corrected chi connectivity index (χ4v) is 2.01. The SMILES string of the molecule is CC(=O)NCC(CNC(=O)C(C)C)(CNC(=O)C(C)C)NCC(C)C. The lowest BCUT2D eigenvalue weighted by Crippen LogP contribution is -2.65. The highest BCUT2D eigenvalue weighted by Crippen LogP contribution is 2.06. The van der Waals surface area contributed by atoms with Crippen LogP contribution < -0.4 is 21.3 Å². The summed E-state index contributed by atoms with van der Waals surface area (Å²) < 4.78 is 0. The van der Waals surface area contributed by atoms with E-state index >= 15 is 0 Å². The lowest BCUT2D eigenvalue weighted by Gasteiger charge is -2.36. The molecule has 0 radical (unpaired) electrons. The Morgan fingerprint density at radius 2 is 1.16 bits per heavy atom. The average Bonchev–Trinajstić information content (AvgIpc) is 2.52. The zero-order valence-electron chi connectivity index (χ0n) is 16.8. The number of carbonyl (C=O) groups is 3. The fraction of sp³-hybridized carbons (Fsp3) is 0.833. The zero-order valence-corrected chi connectivity index (χ0v) is 16.8. The second-order valence-electron chi connectivity index (χ2n) is 7.71. The molecule has 0 atom stereocenters. The predicted molar refractivity (Wildman–Crippen MR) is 100.0 cm³/mol. The zero-order chi connectivity index (χ0) is 19.6. The van der Waals surface area contributed by atoms with Gasteiger partial charge in [0.2, 0.25) is 17.7 Å². The smallest absolute Gasteiger partial charge is 0.222 e. The van der Waals surface area contributed by atoms with E-state index in [-0.39, 0.29) is 29.6 Å². The summed E-state index contributed by atoms with van der Waals surface area (Å²) in [6.07, 6.45) is 0. The normalized spacial score (nSPS) is 11.8. The summed E-state index contributed by atoms with van der Waals surface area (Å²) in [6, 6.07) is 0. The van der Waals surface area contributed by atoms with Gasteiger partial charge >= 0.3 is 0 Å². The van der Waals surface area contributed by atoms with E-state index in [1.807, 2.05) is 27.7 Å². The molecule has 0 unspecified atom stereocenters. The lowest BCUT2D eigenvalue weighted by atomic mass is 9.96. The molecule has 0 aliphatic rings. The van der Waals surface area contributed by atoms with Crippen LogP contribution in [0.2, 0.25) is 0 Å². The van der Waals surface area contributed by atoms with Gasteiger partial charge in [0.15, 0.2) is 0 Å². The van der Waals surface area contributed by atoms with Crippen molar-refractivity contribution < 1.29 is 14.4 Å². The lowest BCUT2D eigenvalue weighted by molar-refractivity contribution is -0.124. The van der Waals surface area contributed by atoms with E-state index in [0.29, 0.717) is 32.1 Å². The van der Waals surface area contributed by atoms with Crippen molar-refractivity contribution in [1.82, 2.24) is 21.3 Å². The van der Waals surface area contributed by atoms with E-state index in [0.717, 1.165) is 0 Å². The van der Waals surface area contributed by atoms with E-state index in [1.165, 1.54) is 6.92 Å². The second kappa shape index (κ2) is 11.1. The molecule has 146 valence electrons. The van der Waals surface area contributed by atoms with Gasteiger partial charge in [0.1, 0.15) is 0 Å². The molecule has 0 aliphatic heterocycles. The van der Waals surface area contributed by atoms with Gasteiger partial charge in [-0.05, 0) is 12.5 Å². The minimum atomic E-state index is -0.648. The van der Waals surface area contributed by atoms with Crippen molar-refractivity contribution in [1.29, 1.82) is 0 Å². The molecule has 0 aromatic rings. The third kappa shape index (κ3) is 10.1. The Bertz CT molecular complexity index is 424. The standard InChI is InChI=1S/C18H36N4O3/c1-12(2)8-22-18(9-19-15(7)23,10-20-16(24)13(3)4)11-21-17(25)14(5)6/h12-14,22H,8-11H2,1-7H3,(H,19,23)(H,20,24)(H,21,25). The third-order valence-corrected chi connectivity index (χ3v) is 3.81. The van der Waals surface area contributed by atoms with E-state index in [4.69, 9.17) is 0 Å². The molecule has 0 aromatic carbocycles. The summed E-state index contributed by atoms with van der Waals surface area (Å²) >= 11 is 0. The van der Waals surface area contributed by atoms with Crippen LogP contribution in [0.15, 0.2) is 0 Å². The monoisotopic (exact) mass is 356 g/mol. The molecule has 7 heteroatoms. The first kappa shape index (κ1) is 23.4. The van der Waals surface area contributed by atoms with E-state index < -0.39 is 5.54 Å². The van der Waals surface area contributed by atoms with Crippen molar-refractivity contribution in [2.45, 2.75) is 54.0 Å². The highest BCUT2D eigenvalue weighted by Gasteiger charge is 2.32. The molecule has 3 amide bonds. The van der Waals surface area contributed by atoms with Gasteiger partial charge in [-0.3, -0.25) is 14.4 Å². The summed E-state index contributed by atoms with van der Waals surface area (Å²) in [7, 11) is 0. The molecule has 0 rings (SSSR count). The first-order valence-corrected chi connectivity index (χ1v) is 9.04. The summed E-state index contributed by atoms with van der Waals surface area (Å²) in [4.78, 5) is 35.4. The largest absolute Gasteiger partial charge is 0.354 e. The highest BCUT2D eigenvalue weighted by atomic mass is 16.2. The molecule has 0 saturated heterocycles. The van der Waals surface area contributed by atoms with Gasteiger partial charge in [-0.15, -0.1) is 0 Å². The summed E-state index contributed by atoms with van der Waals surface area (Å²) in [5.74, 6) is -0.149. The van der Waals surface area contributed by atoms with Crippen LogP contribution in [-0.4, -0.2) is 49.4 Å². The molecule has 25 heavy (non-hydrogen) atoms. The first-order chi connectivity index (χ1) is 11.5. The van der Waals surface area contributed by atoms with Crippen LogP contribution in [0.3, 0.4) is 0 Å². The van der Waals surface area contributed by atoms with E-state index in [2.05, 4.69) is 35.1 Å². The Morgan fingerprint density at radius 3 is 1.48 bits per heavy atom. The molecule has 0 bridgehead atoms. The van der Waals surface area contributed by atoms with Crippen LogP contribution in [0.5, 0.6) is 0 Å². The molecule has 4 N–H and O–H groups in total. The number of carbonyl (C=O) groups excluding carboxylic acids is 3. The number of amides is 3. The van der Waals surface area contributed by atoms with Gasteiger partial charge in [-0.25, -0.2) is 0 Å². The molecule has 0 heterocycles. The van der Waals surface area contributed by atoms with Crippen molar-refractivity contribution in [2.75, 3.05) is 26.2 Å². The number of nitrogens with one attached hydrogen (secondary N) is 4. The first-order valence-electron chi connectivity index (χ1n) is 9.04. The van der Waals surface area contributed by atoms with Crippen LogP contribution in [0.1, 0.15) is 48.5 Å². The Hall–Kier alpha value is -1.63. The van der Waals surface area contributed by atoms with Crippen LogP contribution in [0.4, 0.5) is 0 Å². The number of hydrogen-bond acceptors (Lipinski definition) is 4. The van der Waals surface area contributed by atoms with Gasteiger partial charge in [0.05, 0.1) is 5.54 Å². The van der Waals surface area contributed by atoms with Crippen molar-refractivity contribution in [3.05, 3.63) is 0 Å². The highest BCUT2D eigenvalue weighted by molar-refractivity contribution is 5.79. The molecule has 0 spiro atoms. The van der Waals surface area contributed by atoms with Crippen LogP contribution in [0.25, 0.3) is 0 Å². The molecular weight excluding hydrogens is 320 g/mol. The quantitative estimate of drug-likeness (QED) is 0.437. The number of hydrogen-bond donors (Lipinski definition) is 4. The third-order valence-electron chi connectivity index (χ3n) is 3.81. The maximum Gasteiger partial charge on any atom is 0.222 e. The summed E-state index contributed by atoms with van der Waals surface area (Å²) in [6.45, 7) is 14.6. The topological polar surface area (TPSA) is 99.3 Å². The Kier molecular flexibility index (Phi) is 10.4.